The van der Waals surface area contributed by atoms with Crippen molar-refractivity contribution in [2.24, 2.45) is 17.6 Å². The zero-order chi connectivity index (χ0) is 28.6. The number of halogens is 5. The van der Waals surface area contributed by atoms with E-state index in [2.05, 4.69) is 9.72 Å². The molecule has 2 aromatic heterocycles. The molecule has 3 aromatic rings. The summed E-state index contributed by atoms with van der Waals surface area (Å²) in [7, 11) is 0. The van der Waals surface area contributed by atoms with Crippen LogP contribution in [0.15, 0.2) is 18.3 Å². The number of carbonyl (C=O) groups excluding carboxylic acids is 1. The fourth-order valence-corrected chi connectivity index (χ4v) is 6.60. The van der Waals surface area contributed by atoms with Crippen LogP contribution in [-0.2, 0) is 17.6 Å². The Hall–Kier alpha value is -2.63. The first-order chi connectivity index (χ1) is 19.0. The molecule has 5 rings (SSSR count). The number of ether oxygens (including phenoxy) is 1. The number of benzene rings is 1. The lowest BCUT2D eigenvalue weighted by Crippen LogP contribution is -2.29. The molecule has 0 spiro atoms. The maximum atomic E-state index is 12.7. The van der Waals surface area contributed by atoms with Gasteiger partial charge in [0.15, 0.2) is 5.65 Å². The predicted molar refractivity (Wildman–Crippen MR) is 143 cm³/mol. The van der Waals surface area contributed by atoms with Crippen LogP contribution < -0.4 is 10.5 Å². The van der Waals surface area contributed by atoms with Crippen molar-refractivity contribution in [2.45, 2.75) is 82.7 Å². The Kier molecular flexibility index (Phi) is 8.45. The summed E-state index contributed by atoms with van der Waals surface area (Å²) in [6.07, 6.45) is 3.39. The Morgan fingerprint density at radius 1 is 1.10 bits per heavy atom. The lowest BCUT2D eigenvalue weighted by molar-refractivity contribution is -0.274. The fraction of sp³-hybridized carbons (Fsp3) is 0.556. The van der Waals surface area contributed by atoms with E-state index in [1.54, 1.807) is 6.20 Å². The molecule has 2 fully saturated rings. The van der Waals surface area contributed by atoms with Crippen LogP contribution in [0.25, 0.3) is 11.2 Å². The van der Waals surface area contributed by atoms with Gasteiger partial charge in [-0.2, -0.15) is 0 Å². The highest BCUT2D eigenvalue weighted by molar-refractivity contribution is 6.36. The summed E-state index contributed by atoms with van der Waals surface area (Å²) in [5, 5.41) is 10.1. The average molecular weight is 600 g/mol. The SMILES string of the molecule is NC(=O)C1CCC(n2c(Cc3c(Cl)cc(OC(F)(F)F)cc3Cl)nc3cnc(C[C@@H]4CCC[C@@H](O)C4)nc32)CC1. The topological polar surface area (TPSA) is 116 Å². The number of hydrogen-bond donors (Lipinski definition) is 2. The van der Waals surface area contributed by atoms with Gasteiger partial charge in [0.1, 0.15) is 22.9 Å². The maximum Gasteiger partial charge on any atom is 0.573 e. The lowest BCUT2D eigenvalue weighted by Gasteiger charge is -2.29. The third-order valence-corrected chi connectivity index (χ3v) is 8.60. The van der Waals surface area contributed by atoms with E-state index in [-0.39, 0.29) is 46.4 Å². The van der Waals surface area contributed by atoms with Crippen LogP contribution in [0.4, 0.5) is 13.2 Å². The van der Waals surface area contributed by atoms with E-state index in [1.165, 1.54) is 0 Å². The zero-order valence-electron chi connectivity index (χ0n) is 21.6. The van der Waals surface area contributed by atoms with E-state index < -0.39 is 12.1 Å². The molecule has 0 unspecified atom stereocenters. The molecule has 1 amide bonds. The summed E-state index contributed by atoms with van der Waals surface area (Å²) in [4.78, 5) is 26.0. The highest BCUT2D eigenvalue weighted by Crippen LogP contribution is 2.38. The van der Waals surface area contributed by atoms with E-state index in [1.807, 2.05) is 4.57 Å². The molecule has 2 aliphatic rings. The minimum absolute atomic E-state index is 0.0189. The van der Waals surface area contributed by atoms with Gasteiger partial charge in [-0.1, -0.05) is 29.6 Å². The molecule has 13 heteroatoms. The number of carbonyl (C=O) groups is 1. The molecule has 8 nitrogen and oxygen atoms in total. The number of aliphatic hydroxyl groups is 1. The second kappa shape index (κ2) is 11.7. The second-order valence-corrected chi connectivity index (χ2v) is 11.6. The van der Waals surface area contributed by atoms with Crippen LogP contribution in [-0.4, -0.2) is 43.0 Å². The van der Waals surface area contributed by atoms with Gasteiger partial charge in [-0.25, -0.2) is 15.0 Å². The minimum atomic E-state index is -4.88. The number of nitrogens with two attached hydrogens (primary N) is 1. The molecule has 2 aliphatic carbocycles. The molecule has 0 bridgehead atoms. The number of aliphatic hydroxyl groups excluding tert-OH is 1. The number of hydrogen-bond acceptors (Lipinski definition) is 6. The van der Waals surface area contributed by atoms with Crippen molar-refractivity contribution >= 4 is 40.3 Å². The second-order valence-electron chi connectivity index (χ2n) is 10.8. The van der Waals surface area contributed by atoms with Crippen molar-refractivity contribution in [1.82, 2.24) is 19.5 Å². The molecule has 2 atom stereocenters. The maximum absolute atomic E-state index is 12.7. The van der Waals surface area contributed by atoms with Gasteiger partial charge in [-0.05, 0) is 68.6 Å². The van der Waals surface area contributed by atoms with Crippen molar-refractivity contribution in [3.63, 3.8) is 0 Å². The first-order valence-corrected chi connectivity index (χ1v) is 14.2. The number of nitrogens with zero attached hydrogens (tertiary/aromatic N) is 4. The van der Waals surface area contributed by atoms with Crippen LogP contribution in [0.2, 0.25) is 10.0 Å². The van der Waals surface area contributed by atoms with Crippen molar-refractivity contribution < 1.29 is 27.8 Å². The minimum Gasteiger partial charge on any atom is -0.406 e. The summed E-state index contributed by atoms with van der Waals surface area (Å²) in [5.41, 5.74) is 7.17. The van der Waals surface area contributed by atoms with Crippen molar-refractivity contribution in [1.29, 1.82) is 0 Å². The molecule has 2 saturated carbocycles. The first-order valence-electron chi connectivity index (χ1n) is 13.4. The average Bonchev–Trinajstić information content (AvgIpc) is 3.22. The van der Waals surface area contributed by atoms with Crippen LogP contribution in [0, 0.1) is 11.8 Å². The number of fused-ring (bicyclic) bond motifs is 1. The Morgan fingerprint density at radius 3 is 2.42 bits per heavy atom. The Bertz CT molecular complexity index is 1370. The van der Waals surface area contributed by atoms with Crippen molar-refractivity contribution in [2.75, 3.05) is 0 Å². The molecule has 0 saturated heterocycles. The van der Waals surface area contributed by atoms with E-state index in [0.29, 0.717) is 66.9 Å². The monoisotopic (exact) mass is 599 g/mol. The number of alkyl halides is 3. The molecular formula is C27H30Cl2F3N5O3. The fourth-order valence-electron chi connectivity index (χ4n) is 6.00. The summed E-state index contributed by atoms with van der Waals surface area (Å²) in [6, 6.07) is 2.13. The lowest BCUT2D eigenvalue weighted by atomic mass is 9.85. The van der Waals surface area contributed by atoms with Gasteiger partial charge in [-0.15, -0.1) is 13.2 Å². The molecule has 40 heavy (non-hydrogen) atoms. The molecular weight excluding hydrogens is 570 g/mol. The Labute approximate surface area is 239 Å². The zero-order valence-corrected chi connectivity index (χ0v) is 23.1. The number of imidazole rings is 1. The highest BCUT2D eigenvalue weighted by atomic mass is 35.5. The van der Waals surface area contributed by atoms with Gasteiger partial charge in [0.05, 0.1) is 12.3 Å². The molecule has 2 heterocycles. The third kappa shape index (κ3) is 6.63. The van der Waals surface area contributed by atoms with Gasteiger partial charge in [0.2, 0.25) is 5.91 Å². The Balaban J connectivity index is 1.50. The van der Waals surface area contributed by atoms with Gasteiger partial charge in [0, 0.05) is 34.8 Å². The molecule has 1 aromatic carbocycles. The largest absolute Gasteiger partial charge is 0.573 e. The van der Waals surface area contributed by atoms with Crippen LogP contribution in [0.1, 0.15) is 74.6 Å². The number of aromatic nitrogens is 4. The first kappa shape index (κ1) is 28.9. The van der Waals surface area contributed by atoms with E-state index >= 15 is 0 Å². The number of amides is 1. The van der Waals surface area contributed by atoms with Crippen LogP contribution in [0.5, 0.6) is 5.75 Å². The van der Waals surface area contributed by atoms with E-state index in [0.717, 1.165) is 31.4 Å². The van der Waals surface area contributed by atoms with E-state index in [4.69, 9.17) is 38.9 Å². The molecule has 0 aliphatic heterocycles. The van der Waals surface area contributed by atoms with E-state index in [9.17, 15) is 23.1 Å². The standard InChI is InChI=1S/C27H30Cl2F3N5O3/c28-20-10-18(40-27(30,31)32)11-21(29)19(20)12-24-35-22-13-34-23(9-14-2-1-3-17(38)8-14)36-26(22)37(24)16-6-4-15(5-7-16)25(33)39/h10-11,13-17,38H,1-9,12H2,(H2,33,39)/t14-,15?,16?,17-/m1/s1. The summed E-state index contributed by atoms with van der Waals surface area (Å²) >= 11 is 12.8. The van der Waals surface area contributed by atoms with Crippen molar-refractivity contribution in [3.8, 4) is 5.75 Å². The van der Waals surface area contributed by atoms with Gasteiger partial charge in [-0.3, -0.25) is 4.79 Å². The Morgan fingerprint density at radius 2 is 1.80 bits per heavy atom. The predicted octanol–water partition coefficient (Wildman–Crippen LogP) is 5.93. The third-order valence-electron chi connectivity index (χ3n) is 7.93. The van der Waals surface area contributed by atoms with Crippen LogP contribution in [0.3, 0.4) is 0 Å². The number of rotatable bonds is 7. The van der Waals surface area contributed by atoms with Gasteiger partial charge < -0.3 is 20.1 Å². The van der Waals surface area contributed by atoms with Crippen LogP contribution >= 0.6 is 23.2 Å². The van der Waals surface area contributed by atoms with Crippen molar-refractivity contribution in [3.05, 3.63) is 45.6 Å². The summed E-state index contributed by atoms with van der Waals surface area (Å²) in [6.45, 7) is 0. The quantitative estimate of drug-likeness (QED) is 0.347. The molecule has 0 radical (unpaired) electrons. The summed E-state index contributed by atoms with van der Waals surface area (Å²) < 4.78 is 44.2. The smallest absolute Gasteiger partial charge is 0.406 e. The normalized spacial score (nSPS) is 23.9. The molecule has 3 N–H and O–H groups in total. The molecule has 216 valence electrons. The highest BCUT2D eigenvalue weighted by Gasteiger charge is 2.33. The van der Waals surface area contributed by atoms with Gasteiger partial charge >= 0.3 is 6.36 Å². The number of primary amides is 1. The summed E-state index contributed by atoms with van der Waals surface area (Å²) in [5.74, 6) is 0.529. The van der Waals surface area contributed by atoms with Gasteiger partial charge in [0.25, 0.3) is 0 Å².